The van der Waals surface area contributed by atoms with Gasteiger partial charge in [0.05, 0.1) is 6.61 Å². The van der Waals surface area contributed by atoms with Crippen molar-refractivity contribution in [1.29, 1.82) is 0 Å². The molecule has 2 N–H and O–H groups in total. The third-order valence-electron chi connectivity index (χ3n) is 2.37. The molecule has 6 heteroatoms. The van der Waals surface area contributed by atoms with E-state index in [2.05, 4.69) is 4.98 Å². The summed E-state index contributed by atoms with van der Waals surface area (Å²) < 4.78 is 5.24. The van der Waals surface area contributed by atoms with E-state index >= 15 is 0 Å². The summed E-state index contributed by atoms with van der Waals surface area (Å²) in [5.74, 6) is 0.246. The van der Waals surface area contributed by atoms with E-state index in [9.17, 15) is 4.79 Å². The highest BCUT2D eigenvalue weighted by Crippen LogP contribution is 2.04. The van der Waals surface area contributed by atoms with Gasteiger partial charge in [0.1, 0.15) is 11.5 Å². The molecule has 0 fully saturated rings. The Labute approximate surface area is 114 Å². The number of nitrogens with two attached hydrogens (primary N) is 1. The van der Waals surface area contributed by atoms with Gasteiger partial charge in [0.25, 0.3) is 5.91 Å². The Morgan fingerprint density at radius 1 is 1.44 bits per heavy atom. The lowest BCUT2D eigenvalue weighted by Gasteiger charge is -2.20. The molecule has 0 aliphatic carbocycles. The smallest absolute Gasteiger partial charge is 0.272 e. The van der Waals surface area contributed by atoms with Gasteiger partial charge < -0.3 is 15.4 Å². The standard InChI is InChI=1S/C12H19N3O2.ClH/c1-3-15(8-9-17-4-2)12(16)10-6-5-7-11(13)14-10;/h5-7H,3-4,8-9H2,1-2H3,(H2,13,14);1H. The molecule has 1 aromatic rings. The average molecular weight is 274 g/mol. The number of hydrogen-bond acceptors (Lipinski definition) is 4. The van der Waals surface area contributed by atoms with E-state index in [1.807, 2.05) is 13.8 Å². The highest BCUT2D eigenvalue weighted by atomic mass is 35.5. The van der Waals surface area contributed by atoms with E-state index in [4.69, 9.17) is 10.5 Å². The molecule has 0 aromatic carbocycles. The number of ether oxygens (including phenoxy) is 1. The van der Waals surface area contributed by atoms with E-state index in [1.54, 1.807) is 23.1 Å². The number of amides is 1. The van der Waals surface area contributed by atoms with Crippen molar-refractivity contribution in [2.75, 3.05) is 32.0 Å². The van der Waals surface area contributed by atoms with Crippen LogP contribution in [0.4, 0.5) is 5.82 Å². The quantitative estimate of drug-likeness (QED) is 0.799. The molecular weight excluding hydrogens is 254 g/mol. The van der Waals surface area contributed by atoms with Crippen molar-refractivity contribution in [3.63, 3.8) is 0 Å². The van der Waals surface area contributed by atoms with Gasteiger partial charge in [-0.25, -0.2) is 4.98 Å². The van der Waals surface area contributed by atoms with Crippen LogP contribution in [0.1, 0.15) is 24.3 Å². The Hall–Kier alpha value is -1.33. The minimum absolute atomic E-state index is 0. The van der Waals surface area contributed by atoms with Gasteiger partial charge in [0.2, 0.25) is 0 Å². The molecule has 5 nitrogen and oxygen atoms in total. The second-order valence-electron chi connectivity index (χ2n) is 3.53. The summed E-state index contributed by atoms with van der Waals surface area (Å²) in [6.07, 6.45) is 0. The van der Waals surface area contributed by atoms with E-state index < -0.39 is 0 Å². The number of anilines is 1. The predicted octanol–water partition coefficient (Wildman–Crippen LogP) is 1.58. The fourth-order valence-corrected chi connectivity index (χ4v) is 1.45. The number of pyridine rings is 1. The van der Waals surface area contributed by atoms with Crippen molar-refractivity contribution < 1.29 is 9.53 Å². The molecule has 0 saturated carbocycles. The number of aromatic nitrogens is 1. The lowest BCUT2D eigenvalue weighted by atomic mass is 10.3. The predicted molar refractivity (Wildman–Crippen MR) is 74.0 cm³/mol. The maximum atomic E-state index is 12.1. The lowest BCUT2D eigenvalue weighted by molar-refractivity contribution is 0.0664. The summed E-state index contributed by atoms with van der Waals surface area (Å²) in [6.45, 7) is 6.25. The maximum Gasteiger partial charge on any atom is 0.272 e. The molecule has 1 heterocycles. The number of carbonyl (C=O) groups is 1. The third kappa shape index (κ3) is 4.89. The van der Waals surface area contributed by atoms with Crippen LogP contribution >= 0.6 is 12.4 Å². The minimum atomic E-state index is -0.112. The SMILES string of the molecule is CCOCCN(CC)C(=O)c1cccc(N)n1.Cl. The van der Waals surface area contributed by atoms with Crippen LogP contribution in [0.15, 0.2) is 18.2 Å². The van der Waals surface area contributed by atoms with Gasteiger partial charge in [0, 0.05) is 19.7 Å². The fourth-order valence-electron chi connectivity index (χ4n) is 1.45. The van der Waals surface area contributed by atoms with Gasteiger partial charge >= 0.3 is 0 Å². The summed E-state index contributed by atoms with van der Waals surface area (Å²) in [6, 6.07) is 5.06. The molecule has 1 rings (SSSR count). The summed E-state index contributed by atoms with van der Waals surface area (Å²) >= 11 is 0. The van der Waals surface area contributed by atoms with Crippen molar-refractivity contribution in [3.8, 4) is 0 Å². The van der Waals surface area contributed by atoms with Gasteiger partial charge in [0.15, 0.2) is 0 Å². The first-order valence-electron chi connectivity index (χ1n) is 5.78. The van der Waals surface area contributed by atoms with Gasteiger partial charge in [-0.2, -0.15) is 0 Å². The number of carbonyl (C=O) groups excluding carboxylic acids is 1. The highest BCUT2D eigenvalue weighted by Gasteiger charge is 2.15. The normalized spacial score (nSPS) is 9.67. The zero-order valence-electron chi connectivity index (χ0n) is 10.8. The first kappa shape index (κ1) is 16.7. The molecule has 0 unspecified atom stereocenters. The van der Waals surface area contributed by atoms with Crippen LogP contribution in [-0.2, 0) is 4.74 Å². The molecular formula is C12H20ClN3O2. The van der Waals surface area contributed by atoms with Crippen molar-refractivity contribution in [2.45, 2.75) is 13.8 Å². The second-order valence-corrected chi connectivity index (χ2v) is 3.53. The molecule has 0 bridgehead atoms. The molecule has 1 amide bonds. The number of likely N-dealkylation sites (N-methyl/N-ethyl adjacent to an activating group) is 1. The average Bonchev–Trinajstić information content (AvgIpc) is 2.34. The van der Waals surface area contributed by atoms with Crippen molar-refractivity contribution in [2.24, 2.45) is 0 Å². The van der Waals surface area contributed by atoms with Crippen LogP contribution in [0.25, 0.3) is 0 Å². The van der Waals surface area contributed by atoms with E-state index in [0.29, 0.717) is 37.8 Å². The van der Waals surface area contributed by atoms with Crippen molar-refractivity contribution >= 4 is 24.1 Å². The molecule has 0 atom stereocenters. The molecule has 18 heavy (non-hydrogen) atoms. The minimum Gasteiger partial charge on any atom is -0.384 e. The molecule has 102 valence electrons. The molecule has 0 aliphatic rings. The number of hydrogen-bond donors (Lipinski definition) is 1. The zero-order chi connectivity index (χ0) is 12.7. The van der Waals surface area contributed by atoms with Crippen molar-refractivity contribution in [3.05, 3.63) is 23.9 Å². The number of halogens is 1. The van der Waals surface area contributed by atoms with Gasteiger partial charge in [-0.1, -0.05) is 6.07 Å². The van der Waals surface area contributed by atoms with E-state index in [-0.39, 0.29) is 18.3 Å². The van der Waals surface area contributed by atoms with Crippen LogP contribution in [-0.4, -0.2) is 42.1 Å². The summed E-state index contributed by atoms with van der Waals surface area (Å²) in [7, 11) is 0. The molecule has 1 aromatic heterocycles. The second kappa shape index (κ2) is 8.72. The van der Waals surface area contributed by atoms with Crippen LogP contribution in [0.2, 0.25) is 0 Å². The summed E-state index contributed by atoms with van der Waals surface area (Å²) in [5.41, 5.74) is 5.93. The molecule has 0 saturated heterocycles. The van der Waals surface area contributed by atoms with Gasteiger partial charge in [-0.05, 0) is 26.0 Å². The highest BCUT2D eigenvalue weighted by molar-refractivity contribution is 5.92. The Kier molecular flexibility index (Phi) is 8.07. The number of nitrogen functional groups attached to an aromatic ring is 1. The monoisotopic (exact) mass is 273 g/mol. The first-order valence-corrected chi connectivity index (χ1v) is 5.78. The number of nitrogens with zero attached hydrogens (tertiary/aromatic N) is 2. The Bertz CT molecular complexity index is 374. The maximum absolute atomic E-state index is 12.1. The molecule has 0 radical (unpaired) electrons. The summed E-state index contributed by atoms with van der Waals surface area (Å²) in [5, 5.41) is 0. The first-order chi connectivity index (χ1) is 8.19. The molecule has 0 aliphatic heterocycles. The van der Waals surface area contributed by atoms with Gasteiger partial charge in [-0.3, -0.25) is 4.79 Å². The fraction of sp³-hybridized carbons (Fsp3) is 0.500. The van der Waals surface area contributed by atoms with E-state index in [0.717, 1.165) is 0 Å². The third-order valence-corrected chi connectivity index (χ3v) is 2.37. The van der Waals surface area contributed by atoms with Crippen LogP contribution in [0.3, 0.4) is 0 Å². The summed E-state index contributed by atoms with van der Waals surface area (Å²) in [4.78, 5) is 17.8. The Morgan fingerprint density at radius 3 is 2.72 bits per heavy atom. The van der Waals surface area contributed by atoms with E-state index in [1.165, 1.54) is 0 Å². The lowest BCUT2D eigenvalue weighted by Crippen LogP contribution is -2.34. The Morgan fingerprint density at radius 2 is 2.17 bits per heavy atom. The Balaban J connectivity index is 0.00000289. The van der Waals surface area contributed by atoms with Gasteiger partial charge in [-0.15, -0.1) is 12.4 Å². The number of rotatable bonds is 6. The molecule has 0 spiro atoms. The van der Waals surface area contributed by atoms with Crippen LogP contribution in [0.5, 0.6) is 0 Å². The zero-order valence-corrected chi connectivity index (χ0v) is 11.6. The largest absolute Gasteiger partial charge is 0.384 e. The van der Waals surface area contributed by atoms with Crippen LogP contribution < -0.4 is 5.73 Å². The van der Waals surface area contributed by atoms with Crippen LogP contribution in [0, 0.1) is 0 Å². The van der Waals surface area contributed by atoms with Crippen molar-refractivity contribution in [1.82, 2.24) is 9.88 Å². The topological polar surface area (TPSA) is 68.5 Å².